The number of hydrogen-bond acceptors (Lipinski definition) is 4. The van der Waals surface area contributed by atoms with Crippen LogP contribution >= 0.6 is 0 Å². The van der Waals surface area contributed by atoms with E-state index in [1.807, 2.05) is 20.8 Å². The largest absolute Gasteiger partial charge is 0.496 e. The molecule has 0 atom stereocenters. The van der Waals surface area contributed by atoms with Gasteiger partial charge < -0.3 is 10.1 Å². The number of allylic oxidation sites excluding steroid dienone is 1. The number of benzene rings is 1. The van der Waals surface area contributed by atoms with E-state index in [-0.39, 0.29) is 35.8 Å². The van der Waals surface area contributed by atoms with Crippen molar-refractivity contribution in [3.05, 3.63) is 65.2 Å². The molecule has 5 nitrogen and oxygen atoms in total. The Morgan fingerprint density at radius 2 is 1.90 bits per heavy atom. The molecule has 0 bridgehead atoms. The van der Waals surface area contributed by atoms with Crippen molar-refractivity contribution in [3.63, 3.8) is 0 Å². The molecule has 2 aromatic rings. The molecule has 1 amide bonds. The third-order valence-corrected chi connectivity index (χ3v) is 4.16. The number of pyridine rings is 1. The van der Waals surface area contributed by atoms with Crippen LogP contribution in [0.5, 0.6) is 5.75 Å². The lowest BCUT2D eigenvalue weighted by atomic mass is 9.99. The first-order valence-electron chi connectivity index (χ1n) is 9.31. The Hall–Kier alpha value is -3.02. The molecule has 0 aliphatic rings. The molecule has 0 saturated carbocycles. The molecule has 0 aliphatic heterocycles. The first-order chi connectivity index (χ1) is 13.5. The molecule has 0 fully saturated rings. The maximum atomic E-state index is 14.4. The summed E-state index contributed by atoms with van der Waals surface area (Å²) in [6, 6.07) is 6.13. The van der Waals surface area contributed by atoms with Gasteiger partial charge in [-0.15, -0.1) is 0 Å². The number of nitrogens with zero attached hydrogens (tertiary/aromatic N) is 1. The summed E-state index contributed by atoms with van der Waals surface area (Å²) in [6.45, 7) is 11.2. The molecule has 1 N–H and O–H groups in total. The number of Topliss-reactive ketones (excluding diaryl/α,β-unsaturated/α-hetero) is 1. The molecule has 0 aliphatic carbocycles. The summed E-state index contributed by atoms with van der Waals surface area (Å²) >= 11 is 0. The predicted octanol–water partition coefficient (Wildman–Crippen LogP) is 4.15. The summed E-state index contributed by atoms with van der Waals surface area (Å²) in [4.78, 5) is 28.8. The van der Waals surface area contributed by atoms with Crippen LogP contribution < -0.4 is 10.1 Å². The van der Waals surface area contributed by atoms with Gasteiger partial charge in [0.25, 0.3) is 5.91 Å². The standard InChI is InChI=1S/C23H27FN2O3/c1-14(2)18-13-19(24)16(12-21(18)29-6)11-17(27)9-15-7-8-25-20(10-15)22(28)26-23(3,4)5/h7-8,10,12-13H,1,9,11H2,2-6H3,(H,26,28). The molecule has 0 saturated heterocycles. The summed E-state index contributed by atoms with van der Waals surface area (Å²) in [6.07, 6.45) is 1.48. The first kappa shape index (κ1) is 22.3. The number of carbonyl (C=O) groups is 2. The Morgan fingerprint density at radius 3 is 2.48 bits per heavy atom. The summed E-state index contributed by atoms with van der Waals surface area (Å²) in [5.41, 5.74) is 2.01. The number of halogens is 1. The van der Waals surface area contributed by atoms with Gasteiger partial charge in [-0.3, -0.25) is 14.6 Å². The number of ketones is 1. The number of aromatic nitrogens is 1. The Kier molecular flexibility index (Phi) is 6.90. The van der Waals surface area contributed by atoms with E-state index in [0.717, 1.165) is 0 Å². The van der Waals surface area contributed by atoms with Crippen LogP contribution in [0.2, 0.25) is 0 Å². The second-order valence-electron chi connectivity index (χ2n) is 8.07. The molecule has 1 aromatic carbocycles. The topological polar surface area (TPSA) is 68.3 Å². The maximum absolute atomic E-state index is 14.4. The second-order valence-corrected chi connectivity index (χ2v) is 8.07. The highest BCUT2D eigenvalue weighted by atomic mass is 19.1. The van der Waals surface area contributed by atoms with E-state index in [0.29, 0.717) is 22.4 Å². The van der Waals surface area contributed by atoms with Crippen molar-refractivity contribution in [2.45, 2.75) is 46.1 Å². The monoisotopic (exact) mass is 398 g/mol. The Morgan fingerprint density at radius 1 is 1.21 bits per heavy atom. The summed E-state index contributed by atoms with van der Waals surface area (Å²) in [7, 11) is 1.49. The van der Waals surface area contributed by atoms with Crippen molar-refractivity contribution in [1.82, 2.24) is 10.3 Å². The van der Waals surface area contributed by atoms with Crippen LogP contribution in [0.3, 0.4) is 0 Å². The van der Waals surface area contributed by atoms with Crippen LogP contribution in [-0.2, 0) is 17.6 Å². The fourth-order valence-corrected chi connectivity index (χ4v) is 2.85. The third-order valence-electron chi connectivity index (χ3n) is 4.16. The lowest BCUT2D eigenvalue weighted by Crippen LogP contribution is -2.40. The van der Waals surface area contributed by atoms with E-state index in [1.165, 1.54) is 25.4 Å². The molecular formula is C23H27FN2O3. The zero-order chi connectivity index (χ0) is 21.8. The van der Waals surface area contributed by atoms with Crippen LogP contribution in [0, 0.1) is 5.82 Å². The summed E-state index contributed by atoms with van der Waals surface area (Å²) in [5, 5.41) is 2.83. The van der Waals surface area contributed by atoms with Gasteiger partial charge in [0.1, 0.15) is 23.0 Å². The lowest BCUT2D eigenvalue weighted by molar-refractivity contribution is -0.117. The molecule has 0 spiro atoms. The number of rotatable bonds is 7. The van der Waals surface area contributed by atoms with Crippen LogP contribution in [0.15, 0.2) is 37.0 Å². The van der Waals surface area contributed by atoms with Crippen molar-refractivity contribution in [2.75, 3.05) is 7.11 Å². The summed E-state index contributed by atoms with van der Waals surface area (Å²) < 4.78 is 19.7. The van der Waals surface area contributed by atoms with Crippen LogP contribution in [0.25, 0.3) is 5.57 Å². The predicted molar refractivity (Wildman–Crippen MR) is 112 cm³/mol. The highest BCUT2D eigenvalue weighted by molar-refractivity contribution is 5.93. The number of ether oxygens (including phenoxy) is 1. The van der Waals surface area contributed by atoms with Crippen molar-refractivity contribution >= 4 is 17.3 Å². The SMILES string of the molecule is C=C(C)c1cc(F)c(CC(=O)Cc2ccnc(C(=O)NC(C)(C)C)c2)cc1OC. The molecule has 154 valence electrons. The summed E-state index contributed by atoms with van der Waals surface area (Å²) in [5.74, 6) is -0.482. The maximum Gasteiger partial charge on any atom is 0.270 e. The van der Waals surface area contributed by atoms with E-state index in [4.69, 9.17) is 4.74 Å². The lowest BCUT2D eigenvalue weighted by Gasteiger charge is -2.20. The molecule has 1 heterocycles. The normalized spacial score (nSPS) is 11.1. The fourth-order valence-electron chi connectivity index (χ4n) is 2.85. The minimum absolute atomic E-state index is 0.0717. The van der Waals surface area contributed by atoms with Crippen molar-refractivity contribution in [3.8, 4) is 5.75 Å². The third kappa shape index (κ3) is 6.24. The van der Waals surface area contributed by atoms with Gasteiger partial charge in [0.05, 0.1) is 7.11 Å². The zero-order valence-electron chi connectivity index (χ0n) is 17.6. The molecule has 2 rings (SSSR count). The van der Waals surface area contributed by atoms with E-state index in [9.17, 15) is 14.0 Å². The van der Waals surface area contributed by atoms with Gasteiger partial charge in [0.15, 0.2) is 0 Å². The van der Waals surface area contributed by atoms with Gasteiger partial charge >= 0.3 is 0 Å². The number of methoxy groups -OCH3 is 1. The van der Waals surface area contributed by atoms with Gasteiger partial charge in [0.2, 0.25) is 0 Å². The van der Waals surface area contributed by atoms with Crippen LogP contribution in [0.4, 0.5) is 4.39 Å². The van der Waals surface area contributed by atoms with Crippen LogP contribution in [-0.4, -0.2) is 29.3 Å². The van der Waals surface area contributed by atoms with Gasteiger partial charge in [-0.05, 0) is 68.7 Å². The van der Waals surface area contributed by atoms with E-state index < -0.39 is 11.4 Å². The van der Waals surface area contributed by atoms with Crippen molar-refractivity contribution < 1.29 is 18.7 Å². The highest BCUT2D eigenvalue weighted by Crippen LogP contribution is 2.28. The average Bonchev–Trinajstić information content (AvgIpc) is 2.61. The van der Waals surface area contributed by atoms with Gasteiger partial charge in [-0.2, -0.15) is 0 Å². The second kappa shape index (κ2) is 8.99. The Bertz CT molecular complexity index is 946. The molecule has 0 unspecified atom stereocenters. The molecule has 1 aromatic heterocycles. The smallest absolute Gasteiger partial charge is 0.270 e. The molecule has 0 radical (unpaired) electrons. The van der Waals surface area contributed by atoms with E-state index in [2.05, 4.69) is 16.9 Å². The van der Waals surface area contributed by atoms with Gasteiger partial charge in [0, 0.05) is 30.1 Å². The number of amides is 1. The zero-order valence-corrected chi connectivity index (χ0v) is 17.6. The molecule has 29 heavy (non-hydrogen) atoms. The number of hydrogen-bond donors (Lipinski definition) is 1. The average molecular weight is 398 g/mol. The minimum atomic E-state index is -0.475. The number of carbonyl (C=O) groups excluding carboxylic acids is 2. The fraction of sp³-hybridized carbons (Fsp3) is 0.348. The quantitative estimate of drug-likeness (QED) is 0.761. The minimum Gasteiger partial charge on any atom is -0.496 e. The van der Waals surface area contributed by atoms with E-state index in [1.54, 1.807) is 19.1 Å². The molecule has 6 heteroatoms. The van der Waals surface area contributed by atoms with E-state index >= 15 is 0 Å². The van der Waals surface area contributed by atoms with Gasteiger partial charge in [-0.1, -0.05) is 6.58 Å². The van der Waals surface area contributed by atoms with Crippen molar-refractivity contribution in [1.29, 1.82) is 0 Å². The number of nitrogens with one attached hydrogen (secondary N) is 1. The highest BCUT2D eigenvalue weighted by Gasteiger charge is 2.18. The first-order valence-corrected chi connectivity index (χ1v) is 9.31. The molecular weight excluding hydrogens is 371 g/mol. The Labute approximate surface area is 171 Å². The van der Waals surface area contributed by atoms with Crippen LogP contribution in [0.1, 0.15) is 54.9 Å². The Balaban J connectivity index is 2.15. The van der Waals surface area contributed by atoms with Crippen molar-refractivity contribution in [2.24, 2.45) is 0 Å². The van der Waals surface area contributed by atoms with Gasteiger partial charge in [-0.25, -0.2) is 4.39 Å².